The number of nitrogens with one attached hydrogen (secondary N) is 1. The van der Waals surface area contributed by atoms with Crippen molar-refractivity contribution in [3.63, 3.8) is 0 Å². The Morgan fingerprint density at radius 3 is 2.74 bits per heavy atom. The van der Waals surface area contributed by atoms with Crippen molar-refractivity contribution in [2.24, 2.45) is 0 Å². The van der Waals surface area contributed by atoms with Crippen LogP contribution in [0.25, 0.3) is 0 Å². The highest BCUT2D eigenvalue weighted by Crippen LogP contribution is 2.34. The van der Waals surface area contributed by atoms with Crippen molar-refractivity contribution in [2.45, 2.75) is 19.0 Å². The maximum Gasteiger partial charge on any atom is 0.124 e. The zero-order valence-corrected chi connectivity index (χ0v) is 11.5. The zero-order valence-electron chi connectivity index (χ0n) is 10.8. The van der Waals surface area contributed by atoms with E-state index in [0.717, 1.165) is 16.3 Å². The van der Waals surface area contributed by atoms with E-state index in [0.29, 0.717) is 6.61 Å². The Balaban J connectivity index is 1.78. The van der Waals surface area contributed by atoms with Crippen LogP contribution in [0.2, 0.25) is 5.02 Å². The Labute approximate surface area is 118 Å². The van der Waals surface area contributed by atoms with Crippen LogP contribution in [0, 0.1) is 0 Å². The lowest BCUT2D eigenvalue weighted by atomic mass is 10.0. The summed E-state index contributed by atoms with van der Waals surface area (Å²) < 4.78 is 5.68. The minimum atomic E-state index is 0.188. The molecule has 3 rings (SSSR count). The van der Waals surface area contributed by atoms with Gasteiger partial charge in [0.1, 0.15) is 12.4 Å². The highest BCUT2D eigenvalue weighted by Gasteiger charge is 2.25. The van der Waals surface area contributed by atoms with Crippen LogP contribution in [0.5, 0.6) is 5.75 Å². The first-order chi connectivity index (χ1) is 9.25. The number of ether oxygens (including phenoxy) is 1. The van der Waals surface area contributed by atoms with Gasteiger partial charge in [0.05, 0.1) is 6.04 Å². The largest absolute Gasteiger partial charge is 0.491 e. The molecule has 1 heterocycles. The van der Waals surface area contributed by atoms with E-state index in [1.165, 1.54) is 5.56 Å². The second kappa shape index (κ2) is 5.24. The minimum absolute atomic E-state index is 0.188. The van der Waals surface area contributed by atoms with E-state index in [4.69, 9.17) is 16.3 Å². The van der Waals surface area contributed by atoms with Crippen molar-refractivity contribution in [1.29, 1.82) is 0 Å². The molecule has 1 aliphatic heterocycles. The molecule has 2 aromatic rings. The van der Waals surface area contributed by atoms with E-state index in [2.05, 4.69) is 24.4 Å². The smallest absolute Gasteiger partial charge is 0.124 e. The normalized spacial score (nSPS) is 18.7. The summed E-state index contributed by atoms with van der Waals surface area (Å²) in [5, 5.41) is 4.38. The number of fused-ring (bicyclic) bond motifs is 1. The van der Waals surface area contributed by atoms with E-state index < -0.39 is 0 Å². The van der Waals surface area contributed by atoms with Gasteiger partial charge >= 0.3 is 0 Å². The second-order valence-corrected chi connectivity index (χ2v) is 5.22. The molecule has 19 heavy (non-hydrogen) atoms. The third kappa shape index (κ3) is 2.46. The third-order valence-electron chi connectivity index (χ3n) is 3.52. The van der Waals surface area contributed by atoms with Crippen molar-refractivity contribution in [1.82, 2.24) is 5.32 Å². The number of halogens is 1. The molecule has 3 heteroatoms. The molecule has 0 radical (unpaired) electrons. The van der Waals surface area contributed by atoms with E-state index in [1.807, 2.05) is 36.4 Å². The van der Waals surface area contributed by atoms with Gasteiger partial charge in [0.15, 0.2) is 0 Å². The maximum absolute atomic E-state index is 6.23. The SMILES string of the molecule is CC(NC1COc2ccccc21)c1ccccc1Cl. The minimum Gasteiger partial charge on any atom is -0.491 e. The lowest BCUT2D eigenvalue weighted by Gasteiger charge is -2.20. The molecule has 0 amide bonds. The van der Waals surface area contributed by atoms with Crippen molar-refractivity contribution < 1.29 is 4.74 Å². The van der Waals surface area contributed by atoms with Gasteiger partial charge in [-0.3, -0.25) is 0 Å². The molecule has 0 saturated carbocycles. The highest BCUT2D eigenvalue weighted by atomic mass is 35.5. The van der Waals surface area contributed by atoms with Gasteiger partial charge in [0, 0.05) is 16.6 Å². The molecule has 0 aromatic heterocycles. The van der Waals surface area contributed by atoms with Crippen molar-refractivity contribution >= 4 is 11.6 Å². The summed E-state index contributed by atoms with van der Waals surface area (Å²) in [5.41, 5.74) is 2.34. The molecule has 1 N–H and O–H groups in total. The summed E-state index contributed by atoms with van der Waals surface area (Å²) in [7, 11) is 0. The first-order valence-electron chi connectivity index (χ1n) is 6.48. The summed E-state index contributed by atoms with van der Waals surface area (Å²) in [5.74, 6) is 0.978. The Morgan fingerprint density at radius 2 is 1.89 bits per heavy atom. The van der Waals surface area contributed by atoms with Crippen LogP contribution < -0.4 is 10.1 Å². The van der Waals surface area contributed by atoms with E-state index in [9.17, 15) is 0 Å². The first kappa shape index (κ1) is 12.5. The Morgan fingerprint density at radius 1 is 1.16 bits per heavy atom. The molecule has 98 valence electrons. The van der Waals surface area contributed by atoms with Crippen LogP contribution in [-0.2, 0) is 0 Å². The fourth-order valence-corrected chi connectivity index (χ4v) is 2.82. The lowest BCUT2D eigenvalue weighted by molar-refractivity contribution is 0.301. The summed E-state index contributed by atoms with van der Waals surface area (Å²) in [6.45, 7) is 2.80. The van der Waals surface area contributed by atoms with Crippen molar-refractivity contribution in [2.75, 3.05) is 6.61 Å². The molecule has 0 saturated heterocycles. The van der Waals surface area contributed by atoms with Crippen molar-refractivity contribution in [3.05, 3.63) is 64.7 Å². The highest BCUT2D eigenvalue weighted by molar-refractivity contribution is 6.31. The van der Waals surface area contributed by atoms with Crippen LogP contribution in [0.15, 0.2) is 48.5 Å². The van der Waals surface area contributed by atoms with E-state index in [-0.39, 0.29) is 12.1 Å². The van der Waals surface area contributed by atoms with Crippen molar-refractivity contribution in [3.8, 4) is 5.75 Å². The fraction of sp³-hybridized carbons (Fsp3) is 0.250. The van der Waals surface area contributed by atoms with Crippen LogP contribution in [0.1, 0.15) is 30.1 Å². The third-order valence-corrected chi connectivity index (χ3v) is 3.87. The standard InChI is InChI=1S/C16H16ClNO/c1-11(12-6-2-4-8-14(12)17)18-15-10-19-16-9-5-3-7-13(15)16/h2-9,11,15,18H,10H2,1H3. The number of benzene rings is 2. The fourth-order valence-electron chi connectivity index (χ4n) is 2.52. The predicted molar refractivity (Wildman–Crippen MR) is 77.7 cm³/mol. The van der Waals surface area contributed by atoms with Gasteiger partial charge in [-0.2, -0.15) is 0 Å². The maximum atomic E-state index is 6.23. The van der Waals surface area contributed by atoms with Gasteiger partial charge in [-0.1, -0.05) is 48.0 Å². The van der Waals surface area contributed by atoms with Gasteiger partial charge < -0.3 is 10.1 Å². The topological polar surface area (TPSA) is 21.3 Å². The Hall–Kier alpha value is -1.51. The zero-order chi connectivity index (χ0) is 13.2. The Bertz CT molecular complexity index is 584. The van der Waals surface area contributed by atoms with Gasteiger partial charge in [-0.25, -0.2) is 0 Å². The average molecular weight is 274 g/mol. The van der Waals surface area contributed by atoms with Crippen LogP contribution in [0.4, 0.5) is 0 Å². The summed E-state index contributed by atoms with van der Waals surface area (Å²) in [6.07, 6.45) is 0. The quantitative estimate of drug-likeness (QED) is 0.908. The lowest BCUT2D eigenvalue weighted by Crippen LogP contribution is -2.25. The summed E-state index contributed by atoms with van der Waals surface area (Å²) in [4.78, 5) is 0. The van der Waals surface area contributed by atoms with Crippen LogP contribution in [0.3, 0.4) is 0 Å². The van der Waals surface area contributed by atoms with Gasteiger partial charge in [-0.15, -0.1) is 0 Å². The van der Waals surface area contributed by atoms with Gasteiger partial charge in [0.25, 0.3) is 0 Å². The van der Waals surface area contributed by atoms with Gasteiger partial charge in [-0.05, 0) is 24.6 Å². The number of hydrogen-bond donors (Lipinski definition) is 1. The predicted octanol–water partition coefficient (Wildman–Crippen LogP) is 4.12. The molecular formula is C16H16ClNO. The molecule has 2 nitrogen and oxygen atoms in total. The molecular weight excluding hydrogens is 258 g/mol. The number of para-hydroxylation sites is 1. The molecule has 0 fully saturated rings. The average Bonchev–Trinajstić information content (AvgIpc) is 2.83. The molecule has 0 bridgehead atoms. The van der Waals surface area contributed by atoms with Crippen LogP contribution >= 0.6 is 11.6 Å². The molecule has 2 atom stereocenters. The monoisotopic (exact) mass is 273 g/mol. The number of hydrogen-bond acceptors (Lipinski definition) is 2. The first-order valence-corrected chi connectivity index (χ1v) is 6.85. The van der Waals surface area contributed by atoms with Gasteiger partial charge in [0.2, 0.25) is 0 Å². The summed E-state index contributed by atoms with van der Waals surface area (Å²) in [6, 6.07) is 16.5. The van der Waals surface area contributed by atoms with Crippen LogP contribution in [-0.4, -0.2) is 6.61 Å². The second-order valence-electron chi connectivity index (χ2n) is 4.81. The molecule has 0 spiro atoms. The summed E-state index contributed by atoms with van der Waals surface area (Å²) >= 11 is 6.23. The number of rotatable bonds is 3. The molecule has 0 aliphatic carbocycles. The van der Waals surface area contributed by atoms with E-state index >= 15 is 0 Å². The molecule has 1 aliphatic rings. The van der Waals surface area contributed by atoms with E-state index in [1.54, 1.807) is 0 Å². The molecule has 2 aromatic carbocycles. The Kier molecular flexibility index (Phi) is 3.45. The molecule has 2 unspecified atom stereocenters.